The Morgan fingerprint density at radius 3 is 2.50 bits per heavy atom. The van der Waals surface area contributed by atoms with Crippen LogP contribution in [0.5, 0.6) is 0 Å². The highest BCUT2D eigenvalue weighted by atomic mass is 16.2. The van der Waals surface area contributed by atoms with Gasteiger partial charge in [0.25, 0.3) is 0 Å². The summed E-state index contributed by atoms with van der Waals surface area (Å²) in [6.45, 7) is 6.50. The van der Waals surface area contributed by atoms with Gasteiger partial charge in [0.15, 0.2) is 0 Å². The van der Waals surface area contributed by atoms with Gasteiger partial charge in [-0.3, -0.25) is 9.69 Å². The van der Waals surface area contributed by atoms with E-state index in [1.54, 1.807) is 11.9 Å². The quantitative estimate of drug-likeness (QED) is 0.757. The molecule has 4 heteroatoms. The SMILES string of the molecule is CC1CCCCN(Cc2ccc(-c3cccc(CN(C)C(=O)CN)c3)cc2)CCC1. The third kappa shape index (κ3) is 6.68. The van der Waals surface area contributed by atoms with Gasteiger partial charge in [0.1, 0.15) is 0 Å². The van der Waals surface area contributed by atoms with E-state index in [1.165, 1.54) is 61.9 Å². The lowest BCUT2D eigenvalue weighted by atomic mass is 10.00. The molecule has 0 spiro atoms. The molecule has 3 rings (SSSR count). The Hall–Kier alpha value is -2.17. The van der Waals surface area contributed by atoms with Crippen molar-refractivity contribution in [2.24, 2.45) is 11.7 Å². The van der Waals surface area contributed by atoms with E-state index in [1.807, 2.05) is 0 Å². The van der Waals surface area contributed by atoms with Crippen LogP contribution in [0.25, 0.3) is 11.1 Å². The molecule has 1 fully saturated rings. The summed E-state index contributed by atoms with van der Waals surface area (Å²) in [5.41, 5.74) is 10.4. The Morgan fingerprint density at radius 2 is 1.73 bits per heavy atom. The predicted octanol–water partition coefficient (Wildman–Crippen LogP) is 4.67. The van der Waals surface area contributed by atoms with Crippen molar-refractivity contribution in [3.63, 3.8) is 0 Å². The minimum Gasteiger partial charge on any atom is -0.340 e. The number of rotatable bonds is 6. The second-order valence-corrected chi connectivity index (χ2v) is 8.87. The summed E-state index contributed by atoms with van der Waals surface area (Å²) in [6.07, 6.45) is 6.73. The summed E-state index contributed by atoms with van der Waals surface area (Å²) >= 11 is 0. The van der Waals surface area contributed by atoms with Crippen LogP contribution in [0.2, 0.25) is 0 Å². The number of hydrogen-bond donors (Lipinski definition) is 1. The third-order valence-electron chi connectivity index (χ3n) is 6.23. The topological polar surface area (TPSA) is 49.6 Å². The molecular weight excluding hydrogens is 370 g/mol. The van der Waals surface area contributed by atoms with Gasteiger partial charge in [-0.25, -0.2) is 0 Å². The Morgan fingerprint density at radius 1 is 1.00 bits per heavy atom. The molecule has 0 aromatic heterocycles. The smallest absolute Gasteiger partial charge is 0.236 e. The zero-order valence-corrected chi connectivity index (χ0v) is 18.6. The van der Waals surface area contributed by atoms with E-state index in [0.29, 0.717) is 6.54 Å². The number of benzene rings is 2. The number of nitrogens with two attached hydrogens (primary N) is 1. The summed E-state index contributed by atoms with van der Waals surface area (Å²) in [7, 11) is 1.80. The van der Waals surface area contributed by atoms with Gasteiger partial charge in [0, 0.05) is 20.1 Å². The molecule has 1 aliphatic rings. The van der Waals surface area contributed by atoms with Crippen LogP contribution in [0.4, 0.5) is 0 Å². The van der Waals surface area contributed by atoms with Gasteiger partial charge in [0.2, 0.25) is 5.91 Å². The number of carbonyl (C=O) groups is 1. The van der Waals surface area contributed by atoms with Crippen molar-refractivity contribution in [2.75, 3.05) is 26.7 Å². The van der Waals surface area contributed by atoms with Gasteiger partial charge < -0.3 is 10.6 Å². The van der Waals surface area contributed by atoms with E-state index in [0.717, 1.165) is 18.0 Å². The van der Waals surface area contributed by atoms with Crippen LogP contribution in [0.3, 0.4) is 0 Å². The zero-order chi connectivity index (χ0) is 21.3. The van der Waals surface area contributed by atoms with Crippen LogP contribution in [-0.2, 0) is 17.9 Å². The molecule has 0 bridgehead atoms. The Kier molecular flexibility index (Phi) is 8.47. The standard InChI is InChI=1S/C26H37N3O/c1-21-7-3-4-15-29(16-6-8-21)20-22-11-13-24(14-12-22)25-10-5-9-23(17-25)19-28(2)26(30)18-27/h5,9-14,17,21H,3-4,6-8,15-16,18-20,27H2,1-2H3. The number of amides is 1. The van der Waals surface area contributed by atoms with E-state index < -0.39 is 0 Å². The first kappa shape index (κ1) is 22.5. The molecule has 1 amide bonds. The molecule has 2 aromatic carbocycles. The fraction of sp³-hybridized carbons (Fsp3) is 0.500. The maximum Gasteiger partial charge on any atom is 0.236 e. The molecule has 1 atom stereocenters. The largest absolute Gasteiger partial charge is 0.340 e. The second-order valence-electron chi connectivity index (χ2n) is 8.87. The van der Waals surface area contributed by atoms with Crippen molar-refractivity contribution in [1.29, 1.82) is 0 Å². The summed E-state index contributed by atoms with van der Waals surface area (Å²) < 4.78 is 0. The van der Waals surface area contributed by atoms with E-state index in [2.05, 4.69) is 60.4 Å². The first-order valence-corrected chi connectivity index (χ1v) is 11.4. The van der Waals surface area contributed by atoms with Gasteiger partial charge in [-0.1, -0.05) is 62.2 Å². The fourth-order valence-electron chi connectivity index (χ4n) is 4.33. The lowest BCUT2D eigenvalue weighted by Gasteiger charge is -2.22. The summed E-state index contributed by atoms with van der Waals surface area (Å²) in [5, 5.41) is 0. The maximum absolute atomic E-state index is 11.7. The van der Waals surface area contributed by atoms with Crippen LogP contribution >= 0.6 is 0 Å². The van der Waals surface area contributed by atoms with E-state index in [-0.39, 0.29) is 12.5 Å². The van der Waals surface area contributed by atoms with Crippen LogP contribution < -0.4 is 5.73 Å². The summed E-state index contributed by atoms with van der Waals surface area (Å²) in [5.74, 6) is 0.840. The number of hydrogen-bond acceptors (Lipinski definition) is 3. The van der Waals surface area contributed by atoms with Gasteiger partial charge in [0.05, 0.1) is 6.54 Å². The molecule has 2 N–H and O–H groups in total. The van der Waals surface area contributed by atoms with Gasteiger partial charge in [-0.2, -0.15) is 0 Å². The Balaban J connectivity index is 1.62. The number of carbonyl (C=O) groups excluding carboxylic acids is 1. The molecule has 1 unspecified atom stereocenters. The van der Waals surface area contributed by atoms with Crippen molar-refractivity contribution >= 4 is 5.91 Å². The molecule has 0 saturated carbocycles. The highest BCUT2D eigenvalue weighted by molar-refractivity contribution is 5.77. The maximum atomic E-state index is 11.7. The molecule has 30 heavy (non-hydrogen) atoms. The van der Waals surface area contributed by atoms with Crippen LogP contribution in [-0.4, -0.2) is 42.4 Å². The lowest BCUT2D eigenvalue weighted by molar-refractivity contribution is -0.128. The van der Waals surface area contributed by atoms with Crippen molar-refractivity contribution in [1.82, 2.24) is 9.80 Å². The van der Waals surface area contributed by atoms with Crippen LogP contribution in [0, 0.1) is 5.92 Å². The van der Waals surface area contributed by atoms with Crippen molar-refractivity contribution in [3.05, 3.63) is 59.7 Å². The first-order chi connectivity index (χ1) is 14.5. The number of likely N-dealkylation sites (N-methyl/N-ethyl adjacent to an activating group) is 1. The molecule has 162 valence electrons. The molecule has 1 heterocycles. The van der Waals surface area contributed by atoms with Crippen LogP contribution in [0.1, 0.15) is 50.2 Å². The monoisotopic (exact) mass is 407 g/mol. The van der Waals surface area contributed by atoms with Crippen molar-refractivity contribution < 1.29 is 4.79 Å². The first-order valence-electron chi connectivity index (χ1n) is 11.4. The molecule has 2 aromatic rings. The average Bonchev–Trinajstić information content (AvgIpc) is 2.86. The van der Waals surface area contributed by atoms with Gasteiger partial charge in [-0.15, -0.1) is 0 Å². The summed E-state index contributed by atoms with van der Waals surface area (Å²) in [6, 6.07) is 17.4. The second kappa shape index (κ2) is 11.3. The molecule has 4 nitrogen and oxygen atoms in total. The van der Waals surface area contributed by atoms with Crippen molar-refractivity contribution in [2.45, 2.75) is 52.1 Å². The van der Waals surface area contributed by atoms with E-state index >= 15 is 0 Å². The number of nitrogens with zero attached hydrogens (tertiary/aromatic N) is 2. The molecule has 1 saturated heterocycles. The normalized spacial score (nSPS) is 18.3. The third-order valence-corrected chi connectivity index (χ3v) is 6.23. The molecule has 1 aliphatic heterocycles. The fourth-order valence-corrected chi connectivity index (χ4v) is 4.33. The van der Waals surface area contributed by atoms with E-state index in [4.69, 9.17) is 5.73 Å². The highest BCUT2D eigenvalue weighted by Gasteiger charge is 2.12. The summed E-state index contributed by atoms with van der Waals surface area (Å²) in [4.78, 5) is 16.0. The molecule has 0 radical (unpaired) electrons. The van der Waals surface area contributed by atoms with Crippen LogP contribution in [0.15, 0.2) is 48.5 Å². The highest BCUT2D eigenvalue weighted by Crippen LogP contribution is 2.23. The molecular formula is C26H37N3O. The minimum absolute atomic E-state index is 0.0425. The minimum atomic E-state index is -0.0425. The van der Waals surface area contributed by atoms with E-state index in [9.17, 15) is 4.79 Å². The average molecular weight is 408 g/mol. The Labute approximate surface area is 182 Å². The molecule has 0 aliphatic carbocycles. The Bertz CT molecular complexity index is 802. The van der Waals surface area contributed by atoms with Crippen molar-refractivity contribution in [3.8, 4) is 11.1 Å². The van der Waals surface area contributed by atoms with Gasteiger partial charge >= 0.3 is 0 Å². The van der Waals surface area contributed by atoms with Gasteiger partial charge in [-0.05, 0) is 66.6 Å². The predicted molar refractivity (Wildman–Crippen MR) is 125 cm³/mol. The lowest BCUT2D eigenvalue weighted by Crippen LogP contribution is -2.32. The zero-order valence-electron chi connectivity index (χ0n) is 18.6.